The lowest BCUT2D eigenvalue weighted by Gasteiger charge is -2.28. The summed E-state index contributed by atoms with van der Waals surface area (Å²) in [5.41, 5.74) is 6.75. The smallest absolute Gasteiger partial charge is 0.416 e. The number of halogens is 16. The van der Waals surface area contributed by atoms with Crippen LogP contribution in [-0.2, 0) is 6.18 Å². The van der Waals surface area contributed by atoms with Crippen molar-refractivity contribution in [2.45, 2.75) is 32.1 Å². The summed E-state index contributed by atoms with van der Waals surface area (Å²) < 4.78 is 190. The van der Waals surface area contributed by atoms with Gasteiger partial charge in [0.25, 0.3) is 0 Å². The third-order valence-corrected chi connectivity index (χ3v) is 14.7. The first kappa shape index (κ1) is 69.8. The molecule has 11 rings (SSSR count). The van der Waals surface area contributed by atoms with Gasteiger partial charge in [0.2, 0.25) is 5.78 Å². The highest BCUT2D eigenvalue weighted by Gasteiger charge is 2.32. The number of anilines is 3. The fourth-order valence-corrected chi connectivity index (χ4v) is 9.87. The summed E-state index contributed by atoms with van der Waals surface area (Å²) in [5, 5.41) is 6.08. The number of hydrogen-bond acceptors (Lipinski definition) is 9. The fraction of sp³-hybridized carbons (Fsp3) is 0.136. The Kier molecular flexibility index (Phi) is 24.1. The van der Waals surface area contributed by atoms with Crippen LogP contribution in [-0.4, -0.2) is 42.5 Å². The molecule has 2 aliphatic rings. The minimum atomic E-state index is -4.40. The second-order valence-corrected chi connectivity index (χ2v) is 21.9. The molecule has 0 fully saturated rings. The molecule has 9 aromatic carbocycles. The highest BCUT2D eigenvalue weighted by atomic mass is 79.9. The quantitative estimate of drug-likeness (QED) is 0.0530. The average Bonchev–Trinajstić information content (AvgIpc) is 2.78. The maximum absolute atomic E-state index is 14.0. The molecule has 25 heteroatoms. The van der Waals surface area contributed by atoms with Crippen LogP contribution in [0, 0.1) is 65.1 Å². The normalized spacial score (nSPS) is 13.5. The van der Waals surface area contributed by atoms with E-state index in [0.717, 1.165) is 65.6 Å². The minimum absolute atomic E-state index is 0.0102. The number of nitrogen functional groups attached to an aromatic ring is 1. The Morgan fingerprint density at radius 1 is 0.527 bits per heavy atom. The lowest BCUT2D eigenvalue weighted by Crippen LogP contribution is -2.25. The Hall–Kier alpha value is -8.68. The molecule has 91 heavy (non-hydrogen) atoms. The van der Waals surface area contributed by atoms with Gasteiger partial charge in [0, 0.05) is 20.1 Å². The molecular formula is C66H47Br3F13N3O6. The Labute approximate surface area is 536 Å². The Morgan fingerprint density at radius 2 is 0.934 bits per heavy atom. The summed E-state index contributed by atoms with van der Waals surface area (Å²) in [6, 6.07) is 35.2. The second kappa shape index (κ2) is 31.4. The molecule has 474 valence electrons. The molecule has 0 bridgehead atoms. The van der Waals surface area contributed by atoms with Gasteiger partial charge in [-0.1, -0.05) is 90.3 Å². The van der Waals surface area contributed by atoms with Gasteiger partial charge in [-0.2, -0.15) is 13.2 Å². The Balaban J connectivity index is 0.000000169. The van der Waals surface area contributed by atoms with Gasteiger partial charge in [0.1, 0.15) is 88.6 Å². The van der Waals surface area contributed by atoms with Gasteiger partial charge in [-0.15, -0.1) is 0 Å². The van der Waals surface area contributed by atoms with E-state index >= 15 is 0 Å². The van der Waals surface area contributed by atoms with Crippen LogP contribution in [0.15, 0.2) is 173 Å². The molecule has 0 spiro atoms. The van der Waals surface area contributed by atoms with E-state index in [1.807, 2.05) is 18.2 Å². The highest BCUT2D eigenvalue weighted by molar-refractivity contribution is 9.10. The van der Waals surface area contributed by atoms with E-state index in [9.17, 15) is 71.5 Å². The van der Waals surface area contributed by atoms with Crippen molar-refractivity contribution in [2.24, 2.45) is 0 Å². The van der Waals surface area contributed by atoms with Crippen molar-refractivity contribution in [3.8, 4) is 28.4 Å². The molecule has 2 atom stereocenters. The number of Topliss-reactive ketones (excluding diaryl/α,β-unsaturated/α-hetero) is 3. The molecule has 0 aromatic heterocycles. The lowest BCUT2D eigenvalue weighted by molar-refractivity contribution is -0.137. The first-order valence-electron chi connectivity index (χ1n) is 26.6. The van der Waals surface area contributed by atoms with Crippen molar-refractivity contribution < 1.29 is 85.7 Å². The van der Waals surface area contributed by atoms with E-state index in [1.54, 1.807) is 43.3 Å². The van der Waals surface area contributed by atoms with Crippen LogP contribution in [0.4, 0.5) is 74.1 Å². The topological polar surface area (TPSA) is 129 Å². The first-order chi connectivity index (χ1) is 43.2. The maximum atomic E-state index is 14.0. The van der Waals surface area contributed by atoms with Crippen molar-refractivity contribution in [1.82, 2.24) is 0 Å². The molecule has 4 N–H and O–H groups in total. The zero-order valence-corrected chi connectivity index (χ0v) is 51.9. The molecule has 2 aliphatic heterocycles. The van der Waals surface area contributed by atoms with E-state index < -0.39 is 123 Å². The first-order valence-corrected chi connectivity index (χ1v) is 29.3. The summed E-state index contributed by atoms with van der Waals surface area (Å²) in [4.78, 5) is 33.3. The fourth-order valence-electron chi connectivity index (χ4n) is 8.91. The molecule has 0 radical (unpaired) electrons. The van der Waals surface area contributed by atoms with E-state index in [-0.39, 0.29) is 35.4 Å². The maximum Gasteiger partial charge on any atom is 0.416 e. The van der Waals surface area contributed by atoms with Crippen LogP contribution in [0.5, 0.6) is 17.2 Å². The van der Waals surface area contributed by atoms with Crippen molar-refractivity contribution >= 4 is 82.2 Å². The number of carbonyl (C=O) groups is 3. The van der Waals surface area contributed by atoms with Crippen LogP contribution < -0.4 is 30.6 Å². The van der Waals surface area contributed by atoms with E-state index in [0.29, 0.717) is 44.0 Å². The molecule has 0 amide bonds. The predicted molar refractivity (Wildman–Crippen MR) is 328 cm³/mol. The van der Waals surface area contributed by atoms with Crippen molar-refractivity contribution in [3.05, 3.63) is 270 Å². The number of nitrogens with two attached hydrogens (primary N) is 1. The Morgan fingerprint density at radius 3 is 1.36 bits per heavy atom. The van der Waals surface area contributed by atoms with E-state index in [2.05, 4.69) is 58.4 Å². The zero-order chi connectivity index (χ0) is 66.4. The van der Waals surface area contributed by atoms with Crippen molar-refractivity contribution in [2.75, 3.05) is 41.5 Å². The van der Waals surface area contributed by atoms with E-state index in [1.165, 1.54) is 60.7 Å². The molecule has 9 aromatic rings. The predicted octanol–water partition coefficient (Wildman–Crippen LogP) is 19.1. The third kappa shape index (κ3) is 18.1. The number of benzene rings is 9. The summed E-state index contributed by atoms with van der Waals surface area (Å²) in [5.74, 6) is -8.12. The minimum Gasteiger partial charge on any atom is -0.489 e. The standard InChI is InChI=1S/C22H16F5NO.C14H10BrF2NO2.C14H10BrF2NO.C8H5BrF2O.C8H6F2O/c1-12-9-14(22(25,26)27)6-7-15(12)13-5-8-18-20(10-13)29-11-19(28-18)21-16(23)3-2-4-17(21)24;15-8-4-5-11(18)13(6-8)20-7-12(19)14-9(16)2-1-3-10(14)17;15-8-4-5-11-13(6-8)19-7-12(18-11)14-9(16)2-1-3-10(14)17;9-4-7(12)8-5(10)2-1-3-6(8)11;1-5(11)8-6(9)3-2-4-7(8)10/h2-10,19,28H,11H2,1H3;1-6H,7,18H2;1-6,12,18H,7H2;1-3H,4H2;2-4H,1H3. The molecule has 9 nitrogen and oxygen atoms in total. The van der Waals surface area contributed by atoms with Gasteiger partial charge in [-0.25, -0.2) is 43.9 Å². The van der Waals surface area contributed by atoms with Crippen LogP contribution in [0.25, 0.3) is 11.1 Å². The number of ether oxygens (including phenoxy) is 3. The molecular weight excluding hydrogens is 1420 g/mol. The number of fused-ring (bicyclic) bond motifs is 2. The summed E-state index contributed by atoms with van der Waals surface area (Å²) >= 11 is 9.41. The molecule has 2 unspecified atom stereocenters. The van der Waals surface area contributed by atoms with Gasteiger partial charge in [-0.3, -0.25) is 14.4 Å². The van der Waals surface area contributed by atoms with Crippen molar-refractivity contribution in [1.29, 1.82) is 0 Å². The van der Waals surface area contributed by atoms with E-state index in [4.69, 9.17) is 19.9 Å². The number of hydrogen-bond donors (Lipinski definition) is 3. The SMILES string of the molecule is CC(=O)c1c(F)cccc1F.Cc1cc(C(F)(F)F)ccc1-c1ccc2c(c1)OCC(c1c(F)cccc1F)N2.Fc1cccc(F)c1C1COc2cc(Br)ccc2N1.Nc1ccc(Br)cc1OCC(=O)c1c(F)cccc1F.O=C(CBr)c1c(F)cccc1F. The summed E-state index contributed by atoms with van der Waals surface area (Å²) in [6.07, 6.45) is -4.40. The average molecular weight is 1460 g/mol. The van der Waals surface area contributed by atoms with Crippen LogP contribution in [0.2, 0.25) is 0 Å². The van der Waals surface area contributed by atoms with Gasteiger partial charge in [0.15, 0.2) is 18.2 Å². The highest BCUT2D eigenvalue weighted by Crippen LogP contribution is 2.41. The number of alkyl halides is 4. The van der Waals surface area contributed by atoms with Gasteiger partial charge in [-0.05, 0) is 152 Å². The third-order valence-electron chi connectivity index (χ3n) is 13.2. The largest absolute Gasteiger partial charge is 0.489 e. The molecule has 2 heterocycles. The van der Waals surface area contributed by atoms with Crippen LogP contribution >= 0.6 is 47.8 Å². The number of carbonyl (C=O) groups excluding carboxylic acids is 3. The van der Waals surface area contributed by atoms with Crippen LogP contribution in [0.1, 0.15) is 72.3 Å². The van der Waals surface area contributed by atoms with Gasteiger partial charge in [0.05, 0.1) is 56.7 Å². The molecule has 0 saturated heterocycles. The number of aryl methyl sites for hydroxylation is 1. The second-order valence-electron chi connectivity index (χ2n) is 19.5. The molecule has 0 aliphatic carbocycles. The lowest BCUT2D eigenvalue weighted by atomic mass is 9.97. The summed E-state index contributed by atoms with van der Waals surface area (Å²) in [7, 11) is 0. The monoisotopic (exact) mass is 1460 g/mol. The van der Waals surface area contributed by atoms with Crippen molar-refractivity contribution in [3.63, 3.8) is 0 Å². The Bertz CT molecular complexity index is 4040. The number of nitrogens with one attached hydrogen (secondary N) is 2. The summed E-state index contributed by atoms with van der Waals surface area (Å²) in [6.45, 7) is 2.43. The molecule has 0 saturated carbocycles. The number of ketones is 3. The zero-order valence-electron chi connectivity index (χ0n) is 47.1. The van der Waals surface area contributed by atoms with Gasteiger partial charge >= 0.3 is 6.18 Å². The number of rotatable bonds is 10. The van der Waals surface area contributed by atoms with Gasteiger partial charge < -0.3 is 30.6 Å². The van der Waals surface area contributed by atoms with Crippen LogP contribution in [0.3, 0.4) is 0 Å².